The van der Waals surface area contributed by atoms with E-state index in [1.807, 2.05) is 12.1 Å². The molecule has 0 bridgehead atoms. The molecule has 0 saturated carbocycles. The zero-order chi connectivity index (χ0) is 22.3. The van der Waals surface area contributed by atoms with Gasteiger partial charge in [-0.3, -0.25) is 9.59 Å². The minimum absolute atomic E-state index is 0.0231. The number of carbonyl (C=O) groups excluding carboxylic acids is 2. The molecule has 1 unspecified atom stereocenters. The van der Waals surface area contributed by atoms with Crippen molar-refractivity contribution in [2.75, 3.05) is 5.32 Å². The van der Waals surface area contributed by atoms with Crippen LogP contribution in [-0.4, -0.2) is 17.9 Å². The number of halogens is 3. The summed E-state index contributed by atoms with van der Waals surface area (Å²) in [5.41, 5.74) is 0.729. The number of rotatable bonds is 8. The first-order chi connectivity index (χ1) is 14.1. The number of alkyl halides is 3. The van der Waals surface area contributed by atoms with Crippen molar-refractivity contribution in [3.05, 3.63) is 65.2 Å². The highest BCUT2D eigenvalue weighted by molar-refractivity contribution is 6.01. The molecule has 0 aromatic heterocycles. The molecule has 0 fully saturated rings. The van der Waals surface area contributed by atoms with E-state index < -0.39 is 29.6 Å². The van der Waals surface area contributed by atoms with Gasteiger partial charge in [-0.05, 0) is 54.7 Å². The number of amides is 2. The summed E-state index contributed by atoms with van der Waals surface area (Å²) in [6.07, 6.45) is -1.42. The fourth-order valence-corrected chi connectivity index (χ4v) is 2.96. The third kappa shape index (κ3) is 6.61. The van der Waals surface area contributed by atoms with Gasteiger partial charge in [-0.1, -0.05) is 45.4 Å². The standard InChI is InChI=1S/C23H27F3N2O2/c1-4-5-7-16-10-12-17(13-11-16)21(29)28-20(15(2)3)22(30)27-19-9-6-8-18(14-19)23(24,25)26/h6,8-15,20H,4-5,7H2,1-3H3,(H,27,30)(H,28,29). The average molecular weight is 420 g/mol. The van der Waals surface area contributed by atoms with Gasteiger partial charge in [0.05, 0.1) is 5.56 Å². The highest BCUT2D eigenvalue weighted by Gasteiger charge is 2.31. The second-order valence-electron chi connectivity index (χ2n) is 7.56. The molecule has 2 N–H and O–H groups in total. The van der Waals surface area contributed by atoms with E-state index in [2.05, 4.69) is 17.6 Å². The van der Waals surface area contributed by atoms with E-state index in [1.54, 1.807) is 26.0 Å². The number of benzene rings is 2. The summed E-state index contributed by atoms with van der Waals surface area (Å²) in [5.74, 6) is -1.24. The Kier molecular flexibility index (Phi) is 8.03. The molecule has 0 spiro atoms. The van der Waals surface area contributed by atoms with Gasteiger partial charge in [0.25, 0.3) is 5.91 Å². The van der Waals surface area contributed by atoms with Gasteiger partial charge in [0, 0.05) is 11.3 Å². The molecule has 7 heteroatoms. The van der Waals surface area contributed by atoms with Gasteiger partial charge in [0.2, 0.25) is 5.91 Å². The predicted molar refractivity (Wildman–Crippen MR) is 111 cm³/mol. The number of unbranched alkanes of at least 4 members (excludes halogenated alkanes) is 1. The third-order valence-electron chi connectivity index (χ3n) is 4.73. The Morgan fingerprint density at radius 2 is 1.70 bits per heavy atom. The zero-order valence-corrected chi connectivity index (χ0v) is 17.3. The van der Waals surface area contributed by atoms with Crippen molar-refractivity contribution < 1.29 is 22.8 Å². The molecule has 1 atom stereocenters. The Balaban J connectivity index is 2.08. The summed E-state index contributed by atoms with van der Waals surface area (Å²) >= 11 is 0. The maximum absolute atomic E-state index is 12.9. The van der Waals surface area contributed by atoms with E-state index in [0.29, 0.717) is 5.56 Å². The molecule has 162 valence electrons. The third-order valence-corrected chi connectivity index (χ3v) is 4.73. The van der Waals surface area contributed by atoms with Crippen LogP contribution in [0.4, 0.5) is 18.9 Å². The topological polar surface area (TPSA) is 58.2 Å². The number of hydrogen-bond donors (Lipinski definition) is 2. The quantitative estimate of drug-likeness (QED) is 0.597. The molecule has 2 amide bonds. The fourth-order valence-electron chi connectivity index (χ4n) is 2.96. The number of hydrogen-bond acceptors (Lipinski definition) is 2. The summed E-state index contributed by atoms with van der Waals surface area (Å²) in [6, 6.07) is 10.7. The monoisotopic (exact) mass is 420 g/mol. The van der Waals surface area contributed by atoms with Crippen LogP contribution in [0.1, 0.15) is 55.1 Å². The highest BCUT2D eigenvalue weighted by atomic mass is 19.4. The lowest BCUT2D eigenvalue weighted by Crippen LogP contribution is -2.47. The Hall–Kier alpha value is -2.83. The van der Waals surface area contributed by atoms with Crippen molar-refractivity contribution in [3.8, 4) is 0 Å². The summed E-state index contributed by atoms with van der Waals surface area (Å²) in [4.78, 5) is 25.2. The van der Waals surface area contributed by atoms with Gasteiger partial charge in [-0.2, -0.15) is 13.2 Å². The van der Waals surface area contributed by atoms with E-state index in [1.165, 1.54) is 12.1 Å². The van der Waals surface area contributed by atoms with E-state index in [-0.39, 0.29) is 11.6 Å². The molecule has 2 rings (SSSR count). The van der Waals surface area contributed by atoms with Crippen molar-refractivity contribution >= 4 is 17.5 Å². The van der Waals surface area contributed by atoms with Crippen molar-refractivity contribution in [3.63, 3.8) is 0 Å². The number of carbonyl (C=O) groups is 2. The van der Waals surface area contributed by atoms with Gasteiger partial charge >= 0.3 is 6.18 Å². The number of anilines is 1. The first-order valence-electron chi connectivity index (χ1n) is 9.99. The molecule has 30 heavy (non-hydrogen) atoms. The lowest BCUT2D eigenvalue weighted by molar-refractivity contribution is -0.137. The Morgan fingerprint density at radius 1 is 1.03 bits per heavy atom. The van der Waals surface area contributed by atoms with Crippen LogP contribution in [0.2, 0.25) is 0 Å². The first kappa shape index (κ1) is 23.4. The van der Waals surface area contributed by atoms with Gasteiger partial charge in [-0.25, -0.2) is 0 Å². The smallest absolute Gasteiger partial charge is 0.340 e. The zero-order valence-electron chi connectivity index (χ0n) is 17.3. The molecule has 0 aliphatic rings. The predicted octanol–water partition coefficient (Wildman–Crippen LogP) is 5.44. The van der Waals surface area contributed by atoms with Crippen molar-refractivity contribution in [1.82, 2.24) is 5.32 Å². The normalized spacial score (nSPS) is 12.5. The minimum atomic E-state index is -4.50. The second-order valence-corrected chi connectivity index (χ2v) is 7.56. The van der Waals surface area contributed by atoms with Crippen LogP contribution in [0.25, 0.3) is 0 Å². The molecule has 4 nitrogen and oxygen atoms in total. The molecule has 2 aromatic rings. The summed E-state index contributed by atoms with van der Waals surface area (Å²) in [7, 11) is 0. The molecule has 0 aliphatic carbocycles. The van der Waals surface area contributed by atoms with Crippen LogP contribution >= 0.6 is 0 Å². The van der Waals surface area contributed by atoms with Gasteiger partial charge in [0.1, 0.15) is 6.04 Å². The van der Waals surface area contributed by atoms with Gasteiger partial charge < -0.3 is 10.6 Å². The van der Waals surface area contributed by atoms with Crippen LogP contribution in [0.15, 0.2) is 48.5 Å². The molecule has 0 saturated heterocycles. The Morgan fingerprint density at radius 3 is 2.27 bits per heavy atom. The SMILES string of the molecule is CCCCc1ccc(C(=O)NC(C(=O)Nc2cccc(C(F)(F)F)c2)C(C)C)cc1. The van der Waals surface area contributed by atoms with Crippen LogP contribution in [0.5, 0.6) is 0 Å². The van der Waals surface area contributed by atoms with E-state index >= 15 is 0 Å². The van der Waals surface area contributed by atoms with E-state index in [4.69, 9.17) is 0 Å². The largest absolute Gasteiger partial charge is 0.416 e. The average Bonchev–Trinajstić information content (AvgIpc) is 2.70. The Labute approximate surface area is 174 Å². The van der Waals surface area contributed by atoms with E-state index in [0.717, 1.165) is 37.0 Å². The van der Waals surface area contributed by atoms with Crippen molar-refractivity contribution in [2.24, 2.45) is 5.92 Å². The van der Waals surface area contributed by atoms with Gasteiger partial charge in [0.15, 0.2) is 0 Å². The maximum atomic E-state index is 12.9. The fraction of sp³-hybridized carbons (Fsp3) is 0.391. The van der Waals surface area contributed by atoms with Crippen LogP contribution in [0, 0.1) is 5.92 Å². The van der Waals surface area contributed by atoms with E-state index in [9.17, 15) is 22.8 Å². The first-order valence-corrected chi connectivity index (χ1v) is 9.99. The minimum Gasteiger partial charge on any atom is -0.340 e. The van der Waals surface area contributed by atoms with Gasteiger partial charge in [-0.15, -0.1) is 0 Å². The summed E-state index contributed by atoms with van der Waals surface area (Å²) in [5, 5.41) is 5.16. The molecular weight excluding hydrogens is 393 g/mol. The molecular formula is C23H27F3N2O2. The lowest BCUT2D eigenvalue weighted by atomic mass is 10.0. The maximum Gasteiger partial charge on any atom is 0.416 e. The van der Waals surface area contributed by atoms with Crippen molar-refractivity contribution in [2.45, 2.75) is 52.3 Å². The highest BCUT2D eigenvalue weighted by Crippen LogP contribution is 2.30. The van der Waals surface area contributed by atoms with Crippen LogP contribution < -0.4 is 10.6 Å². The number of nitrogens with one attached hydrogen (secondary N) is 2. The van der Waals surface area contributed by atoms with Crippen molar-refractivity contribution in [1.29, 1.82) is 0 Å². The van der Waals surface area contributed by atoms with Crippen LogP contribution in [-0.2, 0) is 17.4 Å². The molecule has 2 aromatic carbocycles. The second kappa shape index (κ2) is 10.3. The number of aryl methyl sites for hydroxylation is 1. The van der Waals surface area contributed by atoms with Crippen LogP contribution in [0.3, 0.4) is 0 Å². The summed E-state index contributed by atoms with van der Waals surface area (Å²) in [6.45, 7) is 5.62. The molecule has 0 heterocycles. The Bertz CT molecular complexity index is 861. The summed E-state index contributed by atoms with van der Waals surface area (Å²) < 4.78 is 38.6. The molecule has 0 aliphatic heterocycles. The molecule has 0 radical (unpaired) electrons. The lowest BCUT2D eigenvalue weighted by Gasteiger charge is -2.22.